The van der Waals surface area contributed by atoms with Crippen molar-refractivity contribution in [2.75, 3.05) is 25.0 Å². The van der Waals surface area contributed by atoms with Crippen LogP contribution in [-0.2, 0) is 4.74 Å². The predicted molar refractivity (Wildman–Crippen MR) is 118 cm³/mol. The van der Waals surface area contributed by atoms with Gasteiger partial charge >= 0.3 is 6.09 Å². The van der Waals surface area contributed by atoms with Crippen molar-refractivity contribution in [3.05, 3.63) is 41.8 Å². The van der Waals surface area contributed by atoms with E-state index in [4.69, 9.17) is 15.7 Å². The number of anilines is 2. The molecular formula is C23H24FN7O3. The van der Waals surface area contributed by atoms with Gasteiger partial charge in [0.1, 0.15) is 11.4 Å². The van der Waals surface area contributed by atoms with Crippen LogP contribution in [0.2, 0.25) is 0 Å². The molecule has 1 aliphatic carbocycles. The first-order valence-electron chi connectivity index (χ1n) is 10.9. The van der Waals surface area contributed by atoms with E-state index in [2.05, 4.69) is 22.6 Å². The Morgan fingerprint density at radius 2 is 2.03 bits per heavy atom. The van der Waals surface area contributed by atoms with E-state index in [-0.39, 0.29) is 36.0 Å². The van der Waals surface area contributed by atoms with Gasteiger partial charge in [0.2, 0.25) is 0 Å². The van der Waals surface area contributed by atoms with Crippen LogP contribution in [-0.4, -0.2) is 46.4 Å². The third kappa shape index (κ3) is 4.94. The van der Waals surface area contributed by atoms with Crippen LogP contribution in [0, 0.1) is 39.8 Å². The lowest BCUT2D eigenvalue weighted by Crippen LogP contribution is -2.44. The molecule has 3 N–H and O–H groups in total. The van der Waals surface area contributed by atoms with Crippen molar-refractivity contribution in [3.63, 3.8) is 0 Å². The molecule has 2 aromatic rings. The van der Waals surface area contributed by atoms with E-state index >= 15 is 0 Å². The van der Waals surface area contributed by atoms with Gasteiger partial charge < -0.3 is 20.7 Å². The molecule has 0 radical (unpaired) electrons. The van der Waals surface area contributed by atoms with Gasteiger partial charge in [0.25, 0.3) is 5.91 Å². The third-order valence-electron chi connectivity index (χ3n) is 6.36. The van der Waals surface area contributed by atoms with Crippen molar-refractivity contribution in [1.29, 1.82) is 10.5 Å². The molecular weight excluding hydrogens is 441 g/mol. The summed E-state index contributed by atoms with van der Waals surface area (Å²) in [7, 11) is 0. The average Bonchev–Trinajstić information content (AvgIpc) is 3.47. The van der Waals surface area contributed by atoms with Crippen LogP contribution < -0.4 is 11.1 Å². The highest BCUT2D eigenvalue weighted by atomic mass is 19.1. The number of nitrogens with zero attached hydrogens (tertiary/aromatic N) is 5. The molecule has 1 saturated carbocycles. The second-order valence-corrected chi connectivity index (χ2v) is 8.79. The number of aromatic nitrogens is 2. The Morgan fingerprint density at radius 1 is 1.29 bits per heavy atom. The zero-order valence-electron chi connectivity index (χ0n) is 18.4. The Kier molecular flexibility index (Phi) is 6.37. The molecule has 1 aromatic carbocycles. The van der Waals surface area contributed by atoms with Gasteiger partial charge in [-0.25, -0.2) is 9.18 Å². The number of piperidine rings is 1. The standard InChI is InChI=1S/C23H24FN7O3/c24-16-1-3-17(4-2-16)28-21-18(20(27)32)13-31(29-21)19-5-10-30(12-15(19)11-26)22(33)34-14-23(6-7-23)8-9-25/h1-4,13,15,19H,5-8,10,12,14H2,(H2,27,32)(H,28,29)/t15-,19+/m0/s1. The van der Waals surface area contributed by atoms with E-state index < -0.39 is 23.7 Å². The number of likely N-dealkylation sites (tertiary alicyclic amines) is 1. The first kappa shape index (κ1) is 23.1. The SMILES string of the molecule is N#CCC1(COC(=O)N2CC[C@@H](n3cc(C(N)=O)c(Nc4ccc(F)cc4)n3)[C@@H](C#N)C2)CC1. The number of hydrogen-bond donors (Lipinski definition) is 2. The number of amides is 2. The topological polar surface area (TPSA) is 150 Å². The molecule has 2 fully saturated rings. The largest absolute Gasteiger partial charge is 0.449 e. The number of ether oxygens (including phenoxy) is 1. The molecule has 2 heterocycles. The first-order valence-corrected chi connectivity index (χ1v) is 10.9. The normalized spacial score (nSPS) is 20.6. The Hall–Kier alpha value is -4.12. The summed E-state index contributed by atoms with van der Waals surface area (Å²) in [6.07, 6.45) is 3.50. The summed E-state index contributed by atoms with van der Waals surface area (Å²) in [4.78, 5) is 26.0. The lowest BCUT2D eigenvalue weighted by molar-refractivity contribution is 0.0638. The number of nitrogens with one attached hydrogen (secondary N) is 1. The van der Waals surface area contributed by atoms with Gasteiger partial charge in [-0.2, -0.15) is 15.6 Å². The minimum absolute atomic E-state index is 0.134. The highest BCUT2D eigenvalue weighted by Crippen LogP contribution is 2.48. The summed E-state index contributed by atoms with van der Waals surface area (Å²) in [5.74, 6) is -1.48. The molecule has 11 heteroatoms. The molecule has 10 nitrogen and oxygen atoms in total. The summed E-state index contributed by atoms with van der Waals surface area (Å²) < 4.78 is 20.1. The molecule has 0 bridgehead atoms. The lowest BCUT2D eigenvalue weighted by atomic mass is 9.94. The number of carbonyl (C=O) groups excluding carboxylic acids is 2. The smallest absolute Gasteiger partial charge is 0.409 e. The molecule has 0 spiro atoms. The Bertz CT molecular complexity index is 1160. The minimum atomic E-state index is -0.697. The Morgan fingerprint density at radius 3 is 2.65 bits per heavy atom. The fraction of sp³-hybridized carbons (Fsp3) is 0.435. The second-order valence-electron chi connectivity index (χ2n) is 8.79. The number of rotatable bonds is 7. The van der Waals surface area contributed by atoms with Gasteiger partial charge in [0.05, 0.1) is 30.7 Å². The highest BCUT2D eigenvalue weighted by Gasteiger charge is 2.44. The van der Waals surface area contributed by atoms with Crippen molar-refractivity contribution in [3.8, 4) is 12.1 Å². The number of halogens is 1. The number of nitrogens with two attached hydrogens (primary N) is 1. The van der Waals surface area contributed by atoms with Gasteiger partial charge in [-0.3, -0.25) is 9.48 Å². The predicted octanol–water partition coefficient (Wildman–Crippen LogP) is 3.08. The highest BCUT2D eigenvalue weighted by molar-refractivity contribution is 5.98. The summed E-state index contributed by atoms with van der Waals surface area (Å²) in [5, 5.41) is 26.1. The minimum Gasteiger partial charge on any atom is -0.449 e. The zero-order valence-corrected chi connectivity index (χ0v) is 18.4. The molecule has 2 atom stereocenters. The maximum Gasteiger partial charge on any atom is 0.409 e. The summed E-state index contributed by atoms with van der Waals surface area (Å²) >= 11 is 0. The average molecular weight is 465 g/mol. The molecule has 4 rings (SSSR count). The molecule has 0 unspecified atom stereocenters. The number of hydrogen-bond acceptors (Lipinski definition) is 7. The molecule has 1 aliphatic heterocycles. The number of nitriles is 2. The molecule has 176 valence electrons. The van der Waals surface area contributed by atoms with Crippen LogP contribution in [0.5, 0.6) is 0 Å². The number of benzene rings is 1. The Balaban J connectivity index is 1.44. The van der Waals surface area contributed by atoms with Crippen LogP contribution in [0.15, 0.2) is 30.5 Å². The maximum absolute atomic E-state index is 13.2. The maximum atomic E-state index is 13.2. The molecule has 1 aromatic heterocycles. The van der Waals surface area contributed by atoms with E-state index in [1.54, 1.807) is 0 Å². The van der Waals surface area contributed by atoms with E-state index in [1.165, 1.54) is 40.0 Å². The molecule has 34 heavy (non-hydrogen) atoms. The van der Waals surface area contributed by atoms with Crippen LogP contribution in [0.3, 0.4) is 0 Å². The van der Waals surface area contributed by atoms with Crippen LogP contribution >= 0.6 is 0 Å². The fourth-order valence-corrected chi connectivity index (χ4v) is 4.08. The van der Waals surface area contributed by atoms with Gasteiger partial charge in [-0.1, -0.05) is 0 Å². The Labute approximate surface area is 195 Å². The van der Waals surface area contributed by atoms with Crippen LogP contribution in [0.4, 0.5) is 20.7 Å². The number of primary amides is 1. The summed E-state index contributed by atoms with van der Waals surface area (Å²) in [5.41, 5.74) is 5.95. The van der Waals surface area contributed by atoms with Crippen molar-refractivity contribution < 1.29 is 18.7 Å². The van der Waals surface area contributed by atoms with E-state index in [0.717, 1.165) is 12.8 Å². The van der Waals surface area contributed by atoms with Crippen molar-refractivity contribution >= 4 is 23.5 Å². The second kappa shape index (κ2) is 9.40. The molecule has 2 aliphatic rings. The van der Waals surface area contributed by atoms with Gasteiger partial charge in [-0.05, 0) is 43.5 Å². The lowest BCUT2D eigenvalue weighted by Gasteiger charge is -2.35. The van der Waals surface area contributed by atoms with E-state index in [1.807, 2.05) is 0 Å². The third-order valence-corrected chi connectivity index (χ3v) is 6.36. The van der Waals surface area contributed by atoms with Gasteiger partial charge in [0.15, 0.2) is 5.82 Å². The zero-order chi connectivity index (χ0) is 24.3. The molecule has 1 saturated heterocycles. The van der Waals surface area contributed by atoms with E-state index in [9.17, 15) is 19.2 Å². The fourth-order valence-electron chi connectivity index (χ4n) is 4.08. The quantitative estimate of drug-likeness (QED) is 0.638. The van der Waals surface area contributed by atoms with Gasteiger partial charge in [-0.15, -0.1) is 0 Å². The van der Waals surface area contributed by atoms with Crippen molar-refractivity contribution in [2.24, 2.45) is 17.1 Å². The first-order chi connectivity index (χ1) is 16.3. The monoisotopic (exact) mass is 465 g/mol. The van der Waals surface area contributed by atoms with Crippen molar-refractivity contribution in [1.82, 2.24) is 14.7 Å². The number of carbonyl (C=O) groups is 2. The summed E-state index contributed by atoms with van der Waals surface area (Å²) in [6, 6.07) is 9.53. The molecule has 2 amide bonds. The van der Waals surface area contributed by atoms with E-state index in [0.29, 0.717) is 25.1 Å². The van der Waals surface area contributed by atoms with Crippen LogP contribution in [0.25, 0.3) is 0 Å². The van der Waals surface area contributed by atoms with Crippen molar-refractivity contribution in [2.45, 2.75) is 31.7 Å². The van der Waals surface area contributed by atoms with Crippen LogP contribution in [0.1, 0.15) is 42.1 Å². The summed E-state index contributed by atoms with van der Waals surface area (Å²) in [6.45, 7) is 0.702. The van der Waals surface area contributed by atoms with Gasteiger partial charge in [0, 0.05) is 36.8 Å².